The Morgan fingerprint density at radius 3 is 2.16 bits per heavy atom. The minimum atomic E-state index is -1.32. The molecular weight excluding hydrogens is 248 g/mol. The van der Waals surface area contributed by atoms with Crippen LogP contribution in [0.1, 0.15) is 25.2 Å². The largest absolute Gasteiger partial charge is 0.480 e. The second-order valence-corrected chi connectivity index (χ2v) is 5.04. The van der Waals surface area contributed by atoms with Crippen molar-refractivity contribution in [3.05, 3.63) is 33.7 Å². The number of hydrogen-bond donors (Lipinski definition) is 2. The van der Waals surface area contributed by atoms with Gasteiger partial charge in [-0.05, 0) is 27.7 Å². The third kappa shape index (κ3) is 3.67. The minimum absolute atomic E-state index is 0.0192. The molecule has 1 rings (SSSR count). The number of nitrogens with one attached hydrogen (secondary N) is 1. The van der Waals surface area contributed by atoms with Crippen LogP contribution in [0, 0.1) is 13.8 Å². The zero-order valence-corrected chi connectivity index (χ0v) is 11.5. The Bertz CT molecular complexity index is 546. The number of carboxylic acids is 1. The second kappa shape index (κ2) is 5.26. The highest BCUT2D eigenvalue weighted by Crippen LogP contribution is 2.05. The summed E-state index contributed by atoms with van der Waals surface area (Å²) < 4.78 is 1.66. The van der Waals surface area contributed by atoms with E-state index < -0.39 is 17.4 Å². The van der Waals surface area contributed by atoms with Crippen LogP contribution in [0.2, 0.25) is 0 Å². The molecule has 0 radical (unpaired) electrons. The van der Waals surface area contributed by atoms with Crippen molar-refractivity contribution in [2.75, 3.05) is 0 Å². The van der Waals surface area contributed by atoms with Crippen LogP contribution < -0.4 is 10.7 Å². The van der Waals surface area contributed by atoms with Crippen LogP contribution in [0.4, 0.5) is 0 Å². The molecule has 0 bridgehead atoms. The molecule has 19 heavy (non-hydrogen) atoms. The van der Waals surface area contributed by atoms with Gasteiger partial charge in [0.15, 0.2) is 5.43 Å². The van der Waals surface area contributed by atoms with Gasteiger partial charge >= 0.3 is 5.97 Å². The van der Waals surface area contributed by atoms with Crippen molar-refractivity contribution in [2.24, 2.45) is 0 Å². The van der Waals surface area contributed by atoms with E-state index in [0.717, 1.165) is 0 Å². The molecule has 6 nitrogen and oxygen atoms in total. The van der Waals surface area contributed by atoms with E-state index in [1.54, 1.807) is 18.4 Å². The first-order valence-electron chi connectivity index (χ1n) is 5.86. The van der Waals surface area contributed by atoms with Crippen LogP contribution in [0.5, 0.6) is 0 Å². The van der Waals surface area contributed by atoms with E-state index in [2.05, 4.69) is 5.32 Å². The van der Waals surface area contributed by atoms with Gasteiger partial charge in [-0.2, -0.15) is 0 Å². The predicted octanol–water partition coefficient (Wildman–Crippen LogP) is 0.445. The number of hydrogen-bond acceptors (Lipinski definition) is 3. The average molecular weight is 266 g/mol. The average Bonchev–Trinajstić information content (AvgIpc) is 2.22. The number of carboxylic acid groups (broad SMARTS) is 1. The summed E-state index contributed by atoms with van der Waals surface area (Å²) >= 11 is 0. The maximum absolute atomic E-state index is 11.8. The van der Waals surface area contributed by atoms with Crippen molar-refractivity contribution in [3.8, 4) is 0 Å². The molecule has 1 heterocycles. The van der Waals surface area contributed by atoms with Gasteiger partial charge in [0.25, 0.3) is 0 Å². The summed E-state index contributed by atoms with van der Waals surface area (Å²) in [7, 11) is 0. The molecule has 0 atom stereocenters. The number of nitrogens with zero attached hydrogens (tertiary/aromatic N) is 1. The molecule has 0 saturated carbocycles. The van der Waals surface area contributed by atoms with Crippen molar-refractivity contribution in [3.63, 3.8) is 0 Å². The fourth-order valence-corrected chi connectivity index (χ4v) is 1.72. The number of aliphatic carboxylic acids is 1. The molecule has 0 fully saturated rings. The molecule has 1 aromatic rings. The maximum Gasteiger partial charge on any atom is 0.328 e. The molecule has 0 saturated heterocycles. The number of amides is 1. The van der Waals surface area contributed by atoms with E-state index in [9.17, 15) is 14.4 Å². The molecule has 6 heteroatoms. The summed E-state index contributed by atoms with van der Waals surface area (Å²) in [6.45, 7) is 6.26. The number of rotatable bonds is 4. The highest BCUT2D eigenvalue weighted by molar-refractivity contribution is 5.86. The van der Waals surface area contributed by atoms with Crippen molar-refractivity contribution < 1.29 is 14.7 Å². The van der Waals surface area contributed by atoms with Crippen LogP contribution >= 0.6 is 0 Å². The molecule has 0 unspecified atom stereocenters. The second-order valence-electron chi connectivity index (χ2n) is 5.04. The van der Waals surface area contributed by atoms with Gasteiger partial charge in [0, 0.05) is 23.5 Å². The molecular formula is C13H18N2O4. The van der Waals surface area contributed by atoms with Crippen LogP contribution in [0.15, 0.2) is 16.9 Å². The molecule has 0 aromatic carbocycles. The Balaban J connectivity index is 2.90. The molecule has 0 spiro atoms. The van der Waals surface area contributed by atoms with E-state index in [1.165, 1.54) is 26.0 Å². The quantitative estimate of drug-likeness (QED) is 0.828. The summed E-state index contributed by atoms with van der Waals surface area (Å²) in [5.74, 6) is -1.52. The summed E-state index contributed by atoms with van der Waals surface area (Å²) in [5, 5.41) is 11.4. The first kappa shape index (κ1) is 14.9. The lowest BCUT2D eigenvalue weighted by molar-refractivity contribution is -0.146. The first-order valence-corrected chi connectivity index (χ1v) is 5.86. The van der Waals surface area contributed by atoms with E-state index in [-0.39, 0.29) is 12.0 Å². The van der Waals surface area contributed by atoms with E-state index in [1.807, 2.05) is 0 Å². The first-order chi connectivity index (χ1) is 8.63. The fraction of sp³-hybridized carbons (Fsp3) is 0.462. The lowest BCUT2D eigenvalue weighted by Gasteiger charge is -2.22. The molecule has 2 N–H and O–H groups in total. The number of aryl methyl sites for hydroxylation is 2. The fourth-order valence-electron chi connectivity index (χ4n) is 1.72. The van der Waals surface area contributed by atoms with Gasteiger partial charge in [-0.15, -0.1) is 0 Å². The number of pyridine rings is 1. The van der Waals surface area contributed by atoms with E-state index in [4.69, 9.17) is 5.11 Å². The Morgan fingerprint density at radius 1 is 1.26 bits per heavy atom. The monoisotopic (exact) mass is 266 g/mol. The van der Waals surface area contributed by atoms with Gasteiger partial charge in [0.2, 0.25) is 5.91 Å². The minimum Gasteiger partial charge on any atom is -0.480 e. The molecule has 1 aromatic heterocycles. The Hall–Kier alpha value is -2.11. The Morgan fingerprint density at radius 2 is 1.74 bits per heavy atom. The zero-order chi connectivity index (χ0) is 14.8. The third-order valence-corrected chi connectivity index (χ3v) is 2.84. The van der Waals surface area contributed by atoms with Gasteiger partial charge in [-0.3, -0.25) is 9.59 Å². The van der Waals surface area contributed by atoms with Gasteiger partial charge in [0.05, 0.1) is 0 Å². The van der Waals surface area contributed by atoms with Crippen LogP contribution in [0.3, 0.4) is 0 Å². The van der Waals surface area contributed by atoms with E-state index in [0.29, 0.717) is 11.4 Å². The molecule has 0 aliphatic heterocycles. The van der Waals surface area contributed by atoms with Crippen molar-refractivity contribution in [1.29, 1.82) is 0 Å². The Kier molecular flexibility index (Phi) is 4.14. The standard InChI is InChI=1S/C13H18N2O4/c1-8-5-10(16)6-9(2)15(8)7-11(17)14-13(3,4)12(18)19/h5-6H,7H2,1-4H3,(H,14,17)(H,18,19). The van der Waals surface area contributed by atoms with Crippen molar-refractivity contribution >= 4 is 11.9 Å². The van der Waals surface area contributed by atoms with Gasteiger partial charge in [-0.1, -0.05) is 0 Å². The maximum atomic E-state index is 11.8. The highest BCUT2D eigenvalue weighted by atomic mass is 16.4. The number of carbonyl (C=O) groups excluding carboxylic acids is 1. The lowest BCUT2D eigenvalue weighted by Crippen LogP contribution is -2.50. The predicted molar refractivity (Wildman–Crippen MR) is 70.0 cm³/mol. The lowest BCUT2D eigenvalue weighted by atomic mass is 10.1. The van der Waals surface area contributed by atoms with Crippen LogP contribution in [-0.2, 0) is 16.1 Å². The smallest absolute Gasteiger partial charge is 0.328 e. The van der Waals surface area contributed by atoms with Crippen molar-refractivity contribution in [2.45, 2.75) is 39.8 Å². The van der Waals surface area contributed by atoms with Crippen LogP contribution in [0.25, 0.3) is 0 Å². The molecule has 104 valence electrons. The number of aromatic nitrogens is 1. The SMILES string of the molecule is Cc1cc(=O)cc(C)n1CC(=O)NC(C)(C)C(=O)O. The Labute approximate surface area is 111 Å². The summed E-state index contributed by atoms with van der Waals surface area (Å²) in [6, 6.07) is 2.87. The zero-order valence-electron chi connectivity index (χ0n) is 11.5. The van der Waals surface area contributed by atoms with E-state index >= 15 is 0 Å². The van der Waals surface area contributed by atoms with Crippen LogP contribution in [-0.4, -0.2) is 27.1 Å². The summed E-state index contributed by atoms with van der Waals surface area (Å²) in [5.41, 5.74) is -0.114. The van der Waals surface area contributed by atoms with Gasteiger partial charge in [-0.25, -0.2) is 4.79 Å². The van der Waals surface area contributed by atoms with Gasteiger partial charge in [0.1, 0.15) is 12.1 Å². The highest BCUT2D eigenvalue weighted by Gasteiger charge is 2.28. The summed E-state index contributed by atoms with van der Waals surface area (Å²) in [4.78, 5) is 34.0. The molecule has 0 aliphatic rings. The van der Waals surface area contributed by atoms with Crippen molar-refractivity contribution in [1.82, 2.24) is 9.88 Å². The number of carbonyl (C=O) groups is 2. The molecule has 1 amide bonds. The normalized spacial score (nSPS) is 11.2. The topological polar surface area (TPSA) is 88.4 Å². The third-order valence-electron chi connectivity index (χ3n) is 2.84. The molecule has 0 aliphatic carbocycles. The van der Waals surface area contributed by atoms with Gasteiger partial charge < -0.3 is 15.0 Å². The summed E-state index contributed by atoms with van der Waals surface area (Å²) in [6.07, 6.45) is 0.